The third-order valence-electron chi connectivity index (χ3n) is 6.50. The lowest BCUT2D eigenvalue weighted by atomic mass is 9.65. The number of nitrogens with zero attached hydrogens (tertiary/aromatic N) is 1. The first-order valence-corrected chi connectivity index (χ1v) is 9.80. The minimum Gasteiger partial charge on any atom is -0.396 e. The Morgan fingerprint density at radius 3 is 2.28 bits per heavy atom. The van der Waals surface area contributed by atoms with Crippen LogP contribution in [0.25, 0.3) is 0 Å². The predicted octanol–water partition coefficient (Wildman–Crippen LogP) is 4.41. The number of benzene rings is 2. The van der Waals surface area contributed by atoms with Crippen LogP contribution in [0.4, 0.5) is 0 Å². The number of fused-ring (bicyclic) bond motifs is 3. The SMILES string of the molecule is CCc1ccc(C(CO)C2C3CCN(CC3)C2c2ccccc2)cc1. The van der Waals surface area contributed by atoms with Gasteiger partial charge < -0.3 is 5.11 Å². The van der Waals surface area contributed by atoms with Gasteiger partial charge in [0.05, 0.1) is 6.61 Å². The lowest BCUT2D eigenvalue weighted by Gasteiger charge is -2.53. The van der Waals surface area contributed by atoms with Crippen molar-refractivity contribution in [2.75, 3.05) is 19.7 Å². The molecule has 3 fully saturated rings. The van der Waals surface area contributed by atoms with Gasteiger partial charge in [0.2, 0.25) is 0 Å². The quantitative estimate of drug-likeness (QED) is 0.875. The molecule has 0 saturated carbocycles. The molecule has 5 rings (SSSR count). The van der Waals surface area contributed by atoms with Crippen LogP contribution in [-0.2, 0) is 6.42 Å². The Morgan fingerprint density at radius 2 is 1.68 bits per heavy atom. The largest absolute Gasteiger partial charge is 0.396 e. The monoisotopic (exact) mass is 335 g/mol. The molecule has 0 spiro atoms. The molecule has 0 aliphatic carbocycles. The summed E-state index contributed by atoms with van der Waals surface area (Å²) in [6.45, 7) is 4.84. The van der Waals surface area contributed by atoms with Crippen LogP contribution in [0.3, 0.4) is 0 Å². The Morgan fingerprint density at radius 1 is 1.00 bits per heavy atom. The Balaban J connectivity index is 1.70. The smallest absolute Gasteiger partial charge is 0.0503 e. The third kappa shape index (κ3) is 3.14. The molecule has 3 aliphatic heterocycles. The standard InChI is InChI=1S/C23H29NO/c1-2-17-8-10-18(11-9-17)21(16-25)22-19-12-14-24(15-13-19)23(22)20-6-4-3-5-7-20/h3-11,19,21-23,25H,2,12-16H2,1H3. The lowest BCUT2D eigenvalue weighted by molar-refractivity contribution is -0.0327. The number of piperidine rings is 3. The van der Waals surface area contributed by atoms with Crippen molar-refractivity contribution in [1.82, 2.24) is 4.90 Å². The van der Waals surface area contributed by atoms with E-state index in [9.17, 15) is 5.11 Å². The molecule has 1 N–H and O–H groups in total. The third-order valence-corrected chi connectivity index (χ3v) is 6.50. The van der Waals surface area contributed by atoms with E-state index in [1.807, 2.05) is 0 Å². The number of hydrogen-bond acceptors (Lipinski definition) is 2. The highest BCUT2D eigenvalue weighted by atomic mass is 16.3. The molecule has 3 heterocycles. The van der Waals surface area contributed by atoms with E-state index in [-0.39, 0.29) is 12.5 Å². The Kier molecular flexibility index (Phi) is 4.91. The molecular weight excluding hydrogens is 306 g/mol. The van der Waals surface area contributed by atoms with Gasteiger partial charge in [-0.3, -0.25) is 4.90 Å². The highest BCUT2D eigenvalue weighted by Crippen LogP contribution is 2.51. The van der Waals surface area contributed by atoms with Crippen molar-refractivity contribution >= 4 is 0 Å². The summed E-state index contributed by atoms with van der Waals surface area (Å²) < 4.78 is 0. The van der Waals surface area contributed by atoms with Gasteiger partial charge in [0.25, 0.3) is 0 Å². The molecule has 0 aromatic heterocycles. The summed E-state index contributed by atoms with van der Waals surface area (Å²) in [4.78, 5) is 2.66. The molecule has 132 valence electrons. The van der Waals surface area contributed by atoms with Crippen molar-refractivity contribution in [2.24, 2.45) is 11.8 Å². The summed E-state index contributed by atoms with van der Waals surface area (Å²) >= 11 is 0. The van der Waals surface area contributed by atoms with Crippen LogP contribution in [0.5, 0.6) is 0 Å². The molecule has 0 amide bonds. The molecule has 3 aliphatic rings. The second-order valence-corrected chi connectivity index (χ2v) is 7.69. The Bertz CT molecular complexity index is 673. The van der Waals surface area contributed by atoms with Crippen LogP contribution >= 0.6 is 0 Å². The van der Waals surface area contributed by atoms with Crippen molar-refractivity contribution in [3.8, 4) is 0 Å². The molecule has 3 atom stereocenters. The molecule has 2 bridgehead atoms. The summed E-state index contributed by atoms with van der Waals surface area (Å²) in [5.74, 6) is 1.45. The molecule has 2 aromatic rings. The summed E-state index contributed by atoms with van der Waals surface area (Å²) in [6.07, 6.45) is 3.62. The van der Waals surface area contributed by atoms with Crippen LogP contribution in [0.2, 0.25) is 0 Å². The maximum atomic E-state index is 10.3. The van der Waals surface area contributed by atoms with E-state index in [1.54, 1.807) is 0 Å². The lowest BCUT2D eigenvalue weighted by Crippen LogP contribution is -2.51. The zero-order chi connectivity index (χ0) is 17.2. The van der Waals surface area contributed by atoms with E-state index in [4.69, 9.17) is 0 Å². The highest BCUT2D eigenvalue weighted by Gasteiger charge is 2.46. The summed E-state index contributed by atoms with van der Waals surface area (Å²) in [7, 11) is 0. The molecule has 3 unspecified atom stereocenters. The molecule has 25 heavy (non-hydrogen) atoms. The van der Waals surface area contributed by atoms with E-state index in [0.717, 1.165) is 12.3 Å². The Labute approximate surface area is 151 Å². The minimum atomic E-state index is 0.226. The van der Waals surface area contributed by atoms with Crippen LogP contribution < -0.4 is 0 Å². The number of aliphatic hydroxyl groups is 1. The zero-order valence-corrected chi connectivity index (χ0v) is 15.1. The van der Waals surface area contributed by atoms with Crippen LogP contribution in [-0.4, -0.2) is 29.7 Å². The van der Waals surface area contributed by atoms with E-state index < -0.39 is 0 Å². The molecule has 2 heteroatoms. The minimum absolute atomic E-state index is 0.226. The van der Waals surface area contributed by atoms with Crippen molar-refractivity contribution in [2.45, 2.75) is 38.1 Å². The summed E-state index contributed by atoms with van der Waals surface area (Å²) in [5, 5.41) is 10.3. The van der Waals surface area contributed by atoms with Crippen LogP contribution in [0, 0.1) is 11.8 Å². The van der Waals surface area contributed by atoms with Gasteiger partial charge in [-0.2, -0.15) is 0 Å². The normalized spacial score (nSPS) is 29.5. The van der Waals surface area contributed by atoms with E-state index in [1.165, 1.54) is 42.6 Å². The van der Waals surface area contributed by atoms with Crippen molar-refractivity contribution in [1.29, 1.82) is 0 Å². The molecule has 2 nitrogen and oxygen atoms in total. The van der Waals surface area contributed by atoms with Gasteiger partial charge in [-0.1, -0.05) is 61.5 Å². The van der Waals surface area contributed by atoms with Crippen LogP contribution in [0.1, 0.15) is 48.4 Å². The van der Waals surface area contributed by atoms with Gasteiger partial charge in [-0.05, 0) is 60.9 Å². The van der Waals surface area contributed by atoms with E-state index >= 15 is 0 Å². The Hall–Kier alpha value is -1.64. The van der Waals surface area contributed by atoms with Gasteiger partial charge in [0, 0.05) is 12.0 Å². The molecule has 2 aromatic carbocycles. The zero-order valence-electron chi connectivity index (χ0n) is 15.1. The number of aryl methyl sites for hydroxylation is 1. The fourth-order valence-electron chi connectivity index (χ4n) is 5.17. The second kappa shape index (κ2) is 7.31. The van der Waals surface area contributed by atoms with Crippen molar-refractivity contribution < 1.29 is 5.11 Å². The molecule has 0 radical (unpaired) electrons. The van der Waals surface area contributed by atoms with E-state index in [2.05, 4.69) is 66.4 Å². The van der Waals surface area contributed by atoms with Crippen LogP contribution in [0.15, 0.2) is 54.6 Å². The van der Waals surface area contributed by atoms with Crippen molar-refractivity contribution in [3.63, 3.8) is 0 Å². The molecular formula is C23H29NO. The van der Waals surface area contributed by atoms with Gasteiger partial charge in [0.1, 0.15) is 0 Å². The average molecular weight is 335 g/mol. The summed E-state index contributed by atoms with van der Waals surface area (Å²) in [5.41, 5.74) is 4.09. The topological polar surface area (TPSA) is 23.5 Å². The van der Waals surface area contributed by atoms with Gasteiger partial charge >= 0.3 is 0 Å². The number of rotatable bonds is 5. The first-order valence-electron chi connectivity index (χ1n) is 9.80. The average Bonchev–Trinajstić information content (AvgIpc) is 2.70. The highest BCUT2D eigenvalue weighted by molar-refractivity contribution is 5.29. The fourth-order valence-corrected chi connectivity index (χ4v) is 5.17. The van der Waals surface area contributed by atoms with Gasteiger partial charge in [-0.15, -0.1) is 0 Å². The fraction of sp³-hybridized carbons (Fsp3) is 0.478. The number of aliphatic hydroxyl groups excluding tert-OH is 1. The van der Waals surface area contributed by atoms with Gasteiger partial charge in [-0.25, -0.2) is 0 Å². The second-order valence-electron chi connectivity index (χ2n) is 7.69. The van der Waals surface area contributed by atoms with E-state index in [0.29, 0.717) is 12.0 Å². The summed E-state index contributed by atoms with van der Waals surface area (Å²) in [6, 6.07) is 20.4. The predicted molar refractivity (Wildman–Crippen MR) is 103 cm³/mol. The van der Waals surface area contributed by atoms with Crippen molar-refractivity contribution in [3.05, 3.63) is 71.3 Å². The maximum absolute atomic E-state index is 10.3. The number of hydrogen-bond donors (Lipinski definition) is 1. The molecule has 3 saturated heterocycles. The first-order chi connectivity index (χ1) is 12.3. The first kappa shape index (κ1) is 16.8. The van der Waals surface area contributed by atoms with Gasteiger partial charge in [0.15, 0.2) is 0 Å². The maximum Gasteiger partial charge on any atom is 0.0503 e.